The highest BCUT2D eigenvalue weighted by Gasteiger charge is 1.78. The van der Waals surface area contributed by atoms with Gasteiger partial charge in [-0.1, -0.05) is 30.9 Å². The van der Waals surface area contributed by atoms with Crippen LogP contribution in [-0.2, 0) is 0 Å². The molecule has 0 fully saturated rings. The summed E-state index contributed by atoms with van der Waals surface area (Å²) in [5.74, 6) is 0. The van der Waals surface area contributed by atoms with Gasteiger partial charge in [0.1, 0.15) is 0 Å². The van der Waals surface area contributed by atoms with Gasteiger partial charge in [-0.25, -0.2) is 0 Å². The van der Waals surface area contributed by atoms with Gasteiger partial charge in [-0.15, -0.1) is 0 Å². The standard InChI is InChI=1S/C10H11N/c1-10-6-4-2-3-5-8-11-9-7-10/h2-4,6-9H,1,5H2/b3-2-,6-4-,9-7?,11-8?. The van der Waals surface area contributed by atoms with Crippen molar-refractivity contribution in [3.8, 4) is 0 Å². The Labute approximate surface area is 67.2 Å². The lowest BCUT2D eigenvalue weighted by molar-refractivity contribution is 1.45. The molecule has 1 aliphatic heterocycles. The van der Waals surface area contributed by atoms with Gasteiger partial charge in [0, 0.05) is 18.8 Å². The molecule has 1 heterocycles. The van der Waals surface area contributed by atoms with Crippen molar-refractivity contribution in [1.29, 1.82) is 0 Å². The number of aliphatic imine (C=N–C) groups is 1. The van der Waals surface area contributed by atoms with E-state index in [-0.39, 0.29) is 0 Å². The van der Waals surface area contributed by atoms with Crippen molar-refractivity contribution in [3.63, 3.8) is 0 Å². The van der Waals surface area contributed by atoms with Crippen molar-refractivity contribution in [1.82, 2.24) is 0 Å². The second kappa shape index (κ2) is 4.45. The molecule has 0 saturated heterocycles. The van der Waals surface area contributed by atoms with Crippen LogP contribution >= 0.6 is 0 Å². The van der Waals surface area contributed by atoms with Crippen molar-refractivity contribution in [2.24, 2.45) is 4.99 Å². The fourth-order valence-electron chi connectivity index (χ4n) is 0.713. The van der Waals surface area contributed by atoms with Crippen molar-refractivity contribution in [2.45, 2.75) is 6.42 Å². The van der Waals surface area contributed by atoms with Crippen LogP contribution in [0.25, 0.3) is 0 Å². The van der Waals surface area contributed by atoms with Crippen LogP contribution < -0.4 is 0 Å². The van der Waals surface area contributed by atoms with Gasteiger partial charge >= 0.3 is 0 Å². The third-order valence-electron chi connectivity index (χ3n) is 1.28. The maximum Gasteiger partial charge on any atom is 0.0269 e. The van der Waals surface area contributed by atoms with E-state index in [2.05, 4.69) is 11.6 Å². The monoisotopic (exact) mass is 145 g/mol. The minimum absolute atomic E-state index is 0.890. The number of rotatable bonds is 0. The van der Waals surface area contributed by atoms with Gasteiger partial charge in [0.25, 0.3) is 0 Å². The first kappa shape index (κ1) is 7.73. The number of hydrogen-bond donors (Lipinski definition) is 0. The zero-order valence-electron chi connectivity index (χ0n) is 6.40. The number of hydrogen-bond acceptors (Lipinski definition) is 1. The SMILES string of the molecule is C=C1C=CN=CC/C=C\C=C/1. The van der Waals surface area contributed by atoms with E-state index in [1.165, 1.54) is 0 Å². The third-order valence-corrected chi connectivity index (χ3v) is 1.28. The lowest BCUT2D eigenvalue weighted by Gasteiger charge is -1.87. The predicted octanol–water partition coefficient (Wildman–Crippen LogP) is 2.64. The predicted molar refractivity (Wildman–Crippen MR) is 49.7 cm³/mol. The molecule has 1 aliphatic rings. The highest BCUT2D eigenvalue weighted by molar-refractivity contribution is 5.60. The first-order valence-corrected chi connectivity index (χ1v) is 3.60. The molecule has 0 aromatic rings. The summed E-state index contributed by atoms with van der Waals surface area (Å²) in [6.45, 7) is 3.81. The van der Waals surface area contributed by atoms with Crippen LogP contribution in [0.4, 0.5) is 0 Å². The van der Waals surface area contributed by atoms with E-state index in [4.69, 9.17) is 0 Å². The van der Waals surface area contributed by atoms with Gasteiger partial charge in [0.2, 0.25) is 0 Å². The summed E-state index contributed by atoms with van der Waals surface area (Å²) < 4.78 is 0. The van der Waals surface area contributed by atoms with Crippen LogP contribution in [0.1, 0.15) is 6.42 Å². The second-order valence-corrected chi connectivity index (χ2v) is 2.25. The van der Waals surface area contributed by atoms with E-state index in [9.17, 15) is 0 Å². The van der Waals surface area contributed by atoms with Gasteiger partial charge in [-0.3, -0.25) is 4.99 Å². The molecule has 0 aliphatic carbocycles. The molecule has 0 unspecified atom stereocenters. The summed E-state index contributed by atoms with van der Waals surface area (Å²) in [4.78, 5) is 4.03. The average molecular weight is 145 g/mol. The van der Waals surface area contributed by atoms with Crippen molar-refractivity contribution >= 4 is 6.21 Å². The molecule has 0 radical (unpaired) electrons. The fourth-order valence-corrected chi connectivity index (χ4v) is 0.713. The van der Waals surface area contributed by atoms with E-state index in [0.29, 0.717) is 0 Å². The van der Waals surface area contributed by atoms with Crippen LogP contribution in [0, 0.1) is 0 Å². The highest BCUT2D eigenvalue weighted by Crippen LogP contribution is 1.97. The second-order valence-electron chi connectivity index (χ2n) is 2.25. The largest absolute Gasteiger partial charge is 0.269 e. The topological polar surface area (TPSA) is 12.4 Å². The molecule has 0 bridgehead atoms. The Morgan fingerprint density at radius 3 is 3.09 bits per heavy atom. The van der Waals surface area contributed by atoms with Gasteiger partial charge < -0.3 is 0 Å². The van der Waals surface area contributed by atoms with Gasteiger partial charge in [-0.2, -0.15) is 0 Å². The first-order valence-electron chi connectivity index (χ1n) is 3.60. The molecular weight excluding hydrogens is 134 g/mol. The van der Waals surface area contributed by atoms with Gasteiger partial charge in [0.05, 0.1) is 0 Å². The zero-order chi connectivity index (χ0) is 7.94. The Bertz CT molecular complexity index is 218. The van der Waals surface area contributed by atoms with E-state index < -0.39 is 0 Å². The first-order chi connectivity index (χ1) is 5.39. The number of allylic oxidation sites excluding steroid dienone is 6. The maximum atomic E-state index is 4.03. The van der Waals surface area contributed by atoms with E-state index in [0.717, 1.165) is 12.0 Å². The van der Waals surface area contributed by atoms with Crippen LogP contribution in [0.15, 0.2) is 53.7 Å². The molecule has 0 N–H and O–H groups in total. The minimum Gasteiger partial charge on any atom is -0.269 e. The van der Waals surface area contributed by atoms with Gasteiger partial charge in [0.15, 0.2) is 0 Å². The lowest BCUT2D eigenvalue weighted by atomic mass is 10.2. The highest BCUT2D eigenvalue weighted by atomic mass is 14.7. The summed E-state index contributed by atoms with van der Waals surface area (Å²) >= 11 is 0. The van der Waals surface area contributed by atoms with Crippen LogP contribution in [0.3, 0.4) is 0 Å². The summed E-state index contributed by atoms with van der Waals surface area (Å²) in [5, 5.41) is 0. The Morgan fingerprint density at radius 2 is 2.18 bits per heavy atom. The van der Waals surface area contributed by atoms with Crippen molar-refractivity contribution in [3.05, 3.63) is 48.7 Å². The maximum absolute atomic E-state index is 4.03. The summed E-state index contributed by atoms with van der Waals surface area (Å²) in [6, 6.07) is 0. The summed E-state index contributed by atoms with van der Waals surface area (Å²) in [7, 11) is 0. The van der Waals surface area contributed by atoms with Crippen LogP contribution in [0.2, 0.25) is 0 Å². The molecule has 0 atom stereocenters. The molecule has 1 rings (SSSR count). The summed E-state index contributed by atoms with van der Waals surface area (Å²) in [5.41, 5.74) is 0.966. The minimum atomic E-state index is 0.890. The molecule has 11 heavy (non-hydrogen) atoms. The van der Waals surface area contributed by atoms with Crippen molar-refractivity contribution < 1.29 is 0 Å². The quantitative estimate of drug-likeness (QED) is 0.497. The van der Waals surface area contributed by atoms with Crippen molar-refractivity contribution in [2.75, 3.05) is 0 Å². The lowest BCUT2D eigenvalue weighted by Crippen LogP contribution is -1.71. The molecule has 0 aromatic carbocycles. The molecule has 0 amide bonds. The Morgan fingerprint density at radius 1 is 1.27 bits per heavy atom. The van der Waals surface area contributed by atoms with E-state index in [1.54, 1.807) is 6.20 Å². The molecule has 0 saturated carbocycles. The van der Waals surface area contributed by atoms with Gasteiger partial charge in [-0.05, 0) is 11.6 Å². The smallest absolute Gasteiger partial charge is 0.0269 e. The molecule has 1 heteroatoms. The molecule has 0 aromatic heterocycles. The van der Waals surface area contributed by atoms with E-state index >= 15 is 0 Å². The normalized spacial score (nSPS) is 23.1. The Balaban J connectivity index is 2.69. The van der Waals surface area contributed by atoms with Crippen LogP contribution in [-0.4, -0.2) is 6.21 Å². The molecular formula is C10H11N. The molecule has 1 nitrogen and oxygen atoms in total. The number of nitrogens with zero attached hydrogens (tertiary/aromatic N) is 1. The zero-order valence-corrected chi connectivity index (χ0v) is 6.40. The Hall–Kier alpha value is -1.37. The molecule has 0 spiro atoms. The fraction of sp³-hybridized carbons (Fsp3) is 0.100. The third kappa shape index (κ3) is 3.36. The summed E-state index contributed by atoms with van der Waals surface area (Å²) in [6.07, 6.45) is 14.4. The molecule has 56 valence electrons. The average Bonchev–Trinajstić information content (AvgIpc) is 2.03. The van der Waals surface area contributed by atoms with Crippen LogP contribution in [0.5, 0.6) is 0 Å². The van der Waals surface area contributed by atoms with E-state index in [1.807, 2.05) is 36.6 Å². The Kier molecular flexibility index (Phi) is 3.13.